The number of hydrazine groups is 1. The van der Waals surface area contributed by atoms with E-state index in [0.29, 0.717) is 12.2 Å². The summed E-state index contributed by atoms with van der Waals surface area (Å²) in [7, 11) is 1.83. The van der Waals surface area contributed by atoms with E-state index in [2.05, 4.69) is 29.5 Å². The molecule has 0 bridgehead atoms. The van der Waals surface area contributed by atoms with Gasteiger partial charge in [-0.25, -0.2) is 5.43 Å². The summed E-state index contributed by atoms with van der Waals surface area (Å²) in [5, 5.41) is 4.73. The van der Waals surface area contributed by atoms with Crippen LogP contribution in [0.5, 0.6) is 0 Å². The molecule has 4 nitrogen and oxygen atoms in total. The van der Waals surface area contributed by atoms with E-state index in [-0.39, 0.29) is 5.91 Å². The van der Waals surface area contributed by atoms with Crippen molar-refractivity contribution in [1.29, 1.82) is 0 Å². The fourth-order valence-electron chi connectivity index (χ4n) is 2.68. The third-order valence-corrected chi connectivity index (χ3v) is 4.08. The Morgan fingerprint density at radius 3 is 2.60 bits per heavy atom. The number of carbonyl (C=O) groups is 1. The molecule has 3 rings (SSSR count). The summed E-state index contributed by atoms with van der Waals surface area (Å²) >= 11 is 0. The lowest BCUT2D eigenvalue weighted by molar-refractivity contribution is -0.114. The lowest BCUT2D eigenvalue weighted by atomic mass is 10.1. The summed E-state index contributed by atoms with van der Waals surface area (Å²) in [6, 6.07) is 15.8. The topological polar surface area (TPSA) is 44.4 Å². The van der Waals surface area contributed by atoms with Gasteiger partial charge in [0.2, 0.25) is 0 Å². The highest BCUT2D eigenvalue weighted by Gasteiger charge is 2.18. The molecule has 0 atom stereocenters. The van der Waals surface area contributed by atoms with Gasteiger partial charge in [-0.1, -0.05) is 37.0 Å². The minimum Gasteiger partial charge on any atom is -0.320 e. The molecule has 1 amide bonds. The number of benzene rings is 2. The summed E-state index contributed by atoms with van der Waals surface area (Å²) < 4.78 is 0. The van der Waals surface area contributed by atoms with E-state index in [0.717, 1.165) is 28.8 Å². The van der Waals surface area contributed by atoms with Gasteiger partial charge in [0.15, 0.2) is 0 Å². The number of likely N-dealkylation sites (N-methyl/N-ethyl adjacent to an activating group) is 1. The van der Waals surface area contributed by atoms with Gasteiger partial charge in [-0.3, -0.25) is 4.79 Å². The number of nitrogens with one attached hydrogen (secondary N) is 2. The summed E-state index contributed by atoms with van der Waals surface area (Å²) in [6.07, 6.45) is 2.70. The maximum atomic E-state index is 12.4. The Morgan fingerprint density at radius 1 is 1.16 bits per heavy atom. The van der Waals surface area contributed by atoms with Gasteiger partial charge in [0.25, 0.3) is 5.91 Å². The number of carbonyl (C=O) groups excluding carboxylic acids is 1. The van der Waals surface area contributed by atoms with Gasteiger partial charge in [0, 0.05) is 30.4 Å². The van der Waals surface area contributed by atoms with Crippen LogP contribution in [0.2, 0.25) is 0 Å². The molecule has 1 aliphatic heterocycles. The van der Waals surface area contributed by atoms with Crippen LogP contribution in [-0.4, -0.2) is 24.5 Å². The summed E-state index contributed by atoms with van der Waals surface area (Å²) in [5.74, 6) is 6.24. The molecule has 126 valence electrons. The molecule has 4 heteroatoms. The Bertz CT molecular complexity index is 860. The predicted molar refractivity (Wildman–Crippen MR) is 101 cm³/mol. The predicted octanol–water partition coefficient (Wildman–Crippen LogP) is 2.92. The van der Waals surface area contributed by atoms with Crippen molar-refractivity contribution in [2.75, 3.05) is 18.9 Å². The number of amides is 1. The first-order valence-corrected chi connectivity index (χ1v) is 8.36. The van der Waals surface area contributed by atoms with Crippen molar-refractivity contribution < 1.29 is 4.79 Å². The molecule has 0 unspecified atom stereocenters. The molecular weight excluding hydrogens is 310 g/mol. The Kier molecular flexibility index (Phi) is 5.17. The third kappa shape index (κ3) is 4.09. The zero-order valence-electron chi connectivity index (χ0n) is 14.5. The van der Waals surface area contributed by atoms with E-state index in [4.69, 9.17) is 0 Å². The van der Waals surface area contributed by atoms with Crippen LogP contribution in [0.25, 0.3) is 0 Å². The molecule has 2 N–H and O–H groups in total. The molecule has 1 heterocycles. The van der Waals surface area contributed by atoms with Crippen molar-refractivity contribution in [1.82, 2.24) is 10.4 Å². The average molecular weight is 331 g/mol. The van der Waals surface area contributed by atoms with Gasteiger partial charge in [-0.15, -0.1) is 0 Å². The fourth-order valence-corrected chi connectivity index (χ4v) is 2.68. The molecule has 0 fully saturated rings. The maximum Gasteiger partial charge on any atom is 0.273 e. The number of rotatable bonds is 3. The standard InChI is InChI=1S/C21H21N3O/c1-3-18-15-17(10-9-16-7-5-4-6-8-16)11-12-19(18)23-21(25)20-13-14-22-24(20)2/h4-8,11-13,15,22H,3,14H2,1-2H3,(H,23,25). The molecule has 1 aliphatic rings. The van der Waals surface area contributed by atoms with Gasteiger partial charge in [-0.2, -0.15) is 0 Å². The van der Waals surface area contributed by atoms with Gasteiger partial charge < -0.3 is 10.3 Å². The Morgan fingerprint density at radius 2 is 1.92 bits per heavy atom. The molecule has 2 aromatic carbocycles. The largest absolute Gasteiger partial charge is 0.320 e. The maximum absolute atomic E-state index is 12.4. The minimum absolute atomic E-state index is 0.106. The van der Waals surface area contributed by atoms with Crippen molar-refractivity contribution in [3.63, 3.8) is 0 Å². The van der Waals surface area contributed by atoms with Crippen molar-refractivity contribution in [3.05, 3.63) is 77.0 Å². The highest BCUT2D eigenvalue weighted by molar-refractivity contribution is 6.03. The van der Waals surface area contributed by atoms with Crippen LogP contribution in [0.4, 0.5) is 5.69 Å². The van der Waals surface area contributed by atoms with Crippen LogP contribution < -0.4 is 10.7 Å². The monoisotopic (exact) mass is 331 g/mol. The second-order valence-corrected chi connectivity index (χ2v) is 5.81. The van der Waals surface area contributed by atoms with Crippen LogP contribution in [-0.2, 0) is 11.2 Å². The number of hydrogen-bond acceptors (Lipinski definition) is 3. The number of aryl methyl sites for hydroxylation is 1. The lowest BCUT2D eigenvalue weighted by Crippen LogP contribution is -2.32. The van der Waals surface area contributed by atoms with Gasteiger partial charge in [-0.05, 0) is 48.4 Å². The normalized spacial score (nSPS) is 13.0. The second kappa shape index (κ2) is 7.69. The van der Waals surface area contributed by atoms with Crippen LogP contribution in [0.3, 0.4) is 0 Å². The smallest absolute Gasteiger partial charge is 0.273 e. The minimum atomic E-state index is -0.106. The molecule has 0 spiro atoms. The molecule has 0 saturated carbocycles. The summed E-state index contributed by atoms with van der Waals surface area (Å²) in [5.41, 5.74) is 7.54. The number of anilines is 1. The first kappa shape index (κ1) is 16.8. The van der Waals surface area contributed by atoms with Gasteiger partial charge >= 0.3 is 0 Å². The van der Waals surface area contributed by atoms with Gasteiger partial charge in [0.05, 0.1) is 0 Å². The quantitative estimate of drug-likeness (QED) is 0.850. The Balaban J connectivity index is 1.78. The number of hydrogen-bond donors (Lipinski definition) is 2. The zero-order valence-corrected chi connectivity index (χ0v) is 14.5. The van der Waals surface area contributed by atoms with E-state index in [1.54, 1.807) is 5.01 Å². The highest BCUT2D eigenvalue weighted by atomic mass is 16.2. The first-order chi connectivity index (χ1) is 12.2. The Hall–Kier alpha value is -3.03. The molecule has 0 aliphatic carbocycles. The van der Waals surface area contributed by atoms with E-state index >= 15 is 0 Å². The van der Waals surface area contributed by atoms with Crippen molar-refractivity contribution in [2.24, 2.45) is 0 Å². The third-order valence-electron chi connectivity index (χ3n) is 4.08. The van der Waals surface area contributed by atoms with Crippen molar-refractivity contribution in [2.45, 2.75) is 13.3 Å². The zero-order chi connectivity index (χ0) is 17.6. The second-order valence-electron chi connectivity index (χ2n) is 5.81. The summed E-state index contributed by atoms with van der Waals surface area (Å²) in [4.78, 5) is 12.4. The first-order valence-electron chi connectivity index (χ1n) is 8.36. The van der Waals surface area contributed by atoms with E-state index in [1.165, 1.54) is 0 Å². The van der Waals surface area contributed by atoms with Crippen LogP contribution >= 0.6 is 0 Å². The van der Waals surface area contributed by atoms with Crippen LogP contribution in [0.15, 0.2) is 60.3 Å². The number of nitrogens with zero attached hydrogens (tertiary/aromatic N) is 1. The fraction of sp³-hybridized carbons (Fsp3) is 0.190. The SMILES string of the molecule is CCc1cc(C#Cc2ccccc2)ccc1NC(=O)C1=CCNN1C. The van der Waals surface area contributed by atoms with Crippen molar-refractivity contribution >= 4 is 11.6 Å². The molecule has 0 saturated heterocycles. The van der Waals surface area contributed by atoms with E-state index < -0.39 is 0 Å². The molecular formula is C21H21N3O. The Labute approximate surface area is 148 Å². The molecule has 25 heavy (non-hydrogen) atoms. The summed E-state index contributed by atoms with van der Waals surface area (Å²) in [6.45, 7) is 2.75. The van der Waals surface area contributed by atoms with Gasteiger partial charge in [0.1, 0.15) is 5.70 Å². The molecule has 0 radical (unpaired) electrons. The van der Waals surface area contributed by atoms with Crippen molar-refractivity contribution in [3.8, 4) is 11.8 Å². The van der Waals surface area contributed by atoms with Crippen LogP contribution in [0, 0.1) is 11.8 Å². The van der Waals surface area contributed by atoms with E-state index in [1.807, 2.05) is 61.7 Å². The molecule has 2 aromatic rings. The lowest BCUT2D eigenvalue weighted by Gasteiger charge is -2.17. The average Bonchev–Trinajstić information content (AvgIpc) is 3.07. The van der Waals surface area contributed by atoms with Crippen LogP contribution in [0.1, 0.15) is 23.6 Å². The highest BCUT2D eigenvalue weighted by Crippen LogP contribution is 2.19. The molecule has 0 aromatic heterocycles. The van der Waals surface area contributed by atoms with E-state index in [9.17, 15) is 4.79 Å².